The molecule has 17 heavy (non-hydrogen) atoms. The van der Waals surface area contributed by atoms with E-state index in [1.54, 1.807) is 21.0 Å². The number of hydrogen-bond donors (Lipinski definition) is 1. The zero-order chi connectivity index (χ0) is 14.3. The number of nitrogens with zero attached hydrogens (tertiary/aromatic N) is 1. The zero-order valence-corrected chi connectivity index (χ0v) is 12.5. The highest BCUT2D eigenvalue weighted by Crippen LogP contribution is 2.12. The highest BCUT2D eigenvalue weighted by Gasteiger charge is 2.06. The second-order valence-corrected chi connectivity index (χ2v) is 3.75. The van der Waals surface area contributed by atoms with Gasteiger partial charge in [-0.1, -0.05) is 26.7 Å². The lowest BCUT2D eigenvalue weighted by molar-refractivity contribution is 0.141. The molecule has 0 aromatic carbocycles. The molecule has 0 rings (SSSR count). The number of methoxy groups -OCH3 is 1. The van der Waals surface area contributed by atoms with Crippen LogP contribution in [-0.2, 0) is 13.8 Å². The van der Waals surface area contributed by atoms with Crippen molar-refractivity contribution in [3.8, 4) is 0 Å². The highest BCUT2D eigenvalue weighted by molar-refractivity contribution is 7.32. The van der Waals surface area contributed by atoms with Gasteiger partial charge in [-0.2, -0.15) is 0 Å². The fraction of sp³-hybridized carbons (Fsp3) is 0.900. The Bertz CT molecular complexity index is 186. The summed E-state index contributed by atoms with van der Waals surface area (Å²) < 4.78 is 17.9. The monoisotopic (exact) mass is 270 g/mol. The number of carbonyl (C=O) groups excluding carboxylic acids is 1. The van der Waals surface area contributed by atoms with Gasteiger partial charge in [0.25, 0.3) is 0 Å². The van der Waals surface area contributed by atoms with E-state index in [1.165, 1.54) is 24.9 Å². The summed E-state index contributed by atoms with van der Waals surface area (Å²) in [5.74, 6) is 0. The van der Waals surface area contributed by atoms with Crippen LogP contribution in [0.3, 0.4) is 0 Å². The second-order valence-electron chi connectivity index (χ2n) is 3.02. The molecule has 1 unspecified atom stereocenters. The Morgan fingerprint density at radius 3 is 1.65 bits per heavy atom. The summed E-state index contributed by atoms with van der Waals surface area (Å²) in [5, 5.41) is 0. The molecule has 6 nitrogen and oxygen atoms in total. The van der Waals surface area contributed by atoms with Crippen molar-refractivity contribution in [3.05, 3.63) is 0 Å². The first kappa shape index (κ1) is 21.6. The summed E-state index contributed by atoms with van der Waals surface area (Å²) in [7, 11) is 2.26. The van der Waals surface area contributed by atoms with Crippen molar-refractivity contribution in [2.45, 2.75) is 33.6 Å². The molecule has 0 aliphatic heterocycles. The van der Waals surface area contributed by atoms with Crippen LogP contribution in [0.15, 0.2) is 0 Å². The molecule has 0 fully saturated rings. The van der Waals surface area contributed by atoms with Crippen molar-refractivity contribution < 1.29 is 23.5 Å². The van der Waals surface area contributed by atoms with Crippen LogP contribution in [0.25, 0.3) is 0 Å². The molecule has 0 spiro atoms. The molecule has 1 atom stereocenters. The first-order chi connectivity index (χ1) is 7.87. The molecular formula is C10H25NO5P+. The average molecular weight is 270 g/mol. The number of hydrogen-bond acceptors (Lipinski definition) is 4. The normalized spacial score (nSPS) is 9.00. The van der Waals surface area contributed by atoms with Crippen molar-refractivity contribution in [2.24, 2.45) is 0 Å². The van der Waals surface area contributed by atoms with E-state index in [9.17, 15) is 9.36 Å². The fourth-order valence-electron chi connectivity index (χ4n) is 0.293. The van der Waals surface area contributed by atoms with Crippen molar-refractivity contribution >= 4 is 14.3 Å². The number of rotatable bonds is 3. The standard InChI is InChI=1S/C4H9NO2.C4H10.C2H5O3P/c1-5(2)4(6)7-3;1-3-4-2;1-2-5-6(3)4/h1-3H3;3-4H2,1-2H3;2H2,1H3/p+1. The lowest BCUT2D eigenvalue weighted by Crippen LogP contribution is -2.20. The van der Waals surface area contributed by atoms with Gasteiger partial charge in [0.2, 0.25) is 0 Å². The molecule has 0 bridgehead atoms. The van der Waals surface area contributed by atoms with E-state index in [0.717, 1.165) is 0 Å². The Labute approximate surface area is 105 Å². The number of unbranched alkanes of at least 4 members (excludes halogenated alkanes) is 1. The number of ether oxygens (including phenoxy) is 1. The van der Waals surface area contributed by atoms with E-state index >= 15 is 0 Å². The van der Waals surface area contributed by atoms with Gasteiger partial charge in [-0.15, -0.1) is 9.42 Å². The van der Waals surface area contributed by atoms with Crippen LogP contribution in [0, 0.1) is 0 Å². The summed E-state index contributed by atoms with van der Waals surface area (Å²) in [6.45, 7) is 6.31. The third kappa shape index (κ3) is 31.3. The van der Waals surface area contributed by atoms with E-state index in [4.69, 9.17) is 4.89 Å². The highest BCUT2D eigenvalue weighted by atomic mass is 31.1. The molecule has 1 amide bonds. The first-order valence-electron chi connectivity index (χ1n) is 5.41. The molecule has 0 aromatic heterocycles. The van der Waals surface area contributed by atoms with Crippen LogP contribution >= 0.6 is 8.25 Å². The van der Waals surface area contributed by atoms with Crippen molar-refractivity contribution in [1.82, 2.24) is 4.90 Å². The third-order valence-electron chi connectivity index (χ3n) is 1.28. The minimum absolute atomic E-state index is 0.297. The van der Waals surface area contributed by atoms with Gasteiger partial charge in [0.05, 0.1) is 7.11 Å². The molecular weight excluding hydrogens is 245 g/mol. The van der Waals surface area contributed by atoms with Crippen LogP contribution in [0.2, 0.25) is 0 Å². The average Bonchev–Trinajstić information content (AvgIpc) is 2.28. The quantitative estimate of drug-likeness (QED) is 0.798. The molecule has 1 N–H and O–H groups in total. The summed E-state index contributed by atoms with van der Waals surface area (Å²) in [6, 6.07) is 0. The van der Waals surface area contributed by atoms with Gasteiger partial charge in [-0.05, 0) is 6.92 Å². The first-order valence-corrected chi connectivity index (χ1v) is 6.54. The van der Waals surface area contributed by atoms with Crippen LogP contribution in [0.1, 0.15) is 33.6 Å². The predicted molar refractivity (Wildman–Crippen MR) is 68.1 cm³/mol. The van der Waals surface area contributed by atoms with Crippen LogP contribution in [-0.4, -0.2) is 43.7 Å². The second kappa shape index (κ2) is 17.7. The van der Waals surface area contributed by atoms with Gasteiger partial charge in [0, 0.05) is 18.7 Å². The van der Waals surface area contributed by atoms with Crippen LogP contribution in [0.4, 0.5) is 4.79 Å². The van der Waals surface area contributed by atoms with Gasteiger partial charge in [0.1, 0.15) is 6.61 Å². The molecule has 7 heteroatoms. The van der Waals surface area contributed by atoms with Crippen molar-refractivity contribution in [1.29, 1.82) is 0 Å². The Morgan fingerprint density at radius 1 is 1.24 bits per heavy atom. The molecule has 0 aromatic rings. The SMILES string of the molecule is CCCC.CCO[P+](=O)O.COC(=O)N(C)C. The summed E-state index contributed by atoms with van der Waals surface area (Å²) in [6.07, 6.45) is 2.32. The molecule has 0 aliphatic rings. The maximum absolute atomic E-state index is 10.2. The van der Waals surface area contributed by atoms with E-state index in [2.05, 4.69) is 23.1 Å². The molecule has 0 saturated carbocycles. The molecule has 104 valence electrons. The smallest absolute Gasteiger partial charge is 0.453 e. The summed E-state index contributed by atoms with van der Waals surface area (Å²) in [4.78, 5) is 19.4. The molecule has 0 heterocycles. The van der Waals surface area contributed by atoms with Crippen molar-refractivity contribution in [2.75, 3.05) is 27.8 Å². The Balaban J connectivity index is -0.000000180. The van der Waals surface area contributed by atoms with E-state index in [0.29, 0.717) is 6.61 Å². The number of carbonyl (C=O) groups is 1. The summed E-state index contributed by atoms with van der Waals surface area (Å²) in [5.41, 5.74) is 0. The third-order valence-corrected chi connectivity index (χ3v) is 1.76. The molecule has 0 aliphatic carbocycles. The lowest BCUT2D eigenvalue weighted by atomic mass is 10.4. The maximum atomic E-state index is 10.2. The zero-order valence-electron chi connectivity index (χ0n) is 11.6. The van der Waals surface area contributed by atoms with Crippen LogP contribution in [0.5, 0.6) is 0 Å². The predicted octanol–water partition coefficient (Wildman–Crippen LogP) is 2.79. The Morgan fingerprint density at radius 2 is 1.65 bits per heavy atom. The van der Waals surface area contributed by atoms with Gasteiger partial charge >= 0.3 is 14.3 Å². The van der Waals surface area contributed by atoms with E-state index in [-0.39, 0.29) is 6.09 Å². The van der Waals surface area contributed by atoms with E-state index in [1.807, 2.05) is 0 Å². The van der Waals surface area contributed by atoms with Gasteiger partial charge in [-0.25, -0.2) is 4.79 Å². The van der Waals surface area contributed by atoms with Gasteiger partial charge < -0.3 is 9.64 Å². The summed E-state index contributed by atoms with van der Waals surface area (Å²) >= 11 is 0. The minimum atomic E-state index is -2.35. The van der Waals surface area contributed by atoms with E-state index < -0.39 is 8.25 Å². The largest absolute Gasteiger partial charge is 0.694 e. The topological polar surface area (TPSA) is 76.1 Å². The minimum Gasteiger partial charge on any atom is -0.453 e. The molecule has 0 radical (unpaired) electrons. The lowest BCUT2D eigenvalue weighted by Gasteiger charge is -2.05. The number of amides is 1. The van der Waals surface area contributed by atoms with Gasteiger partial charge in [-0.3, -0.25) is 0 Å². The maximum Gasteiger partial charge on any atom is 0.694 e. The molecule has 0 saturated heterocycles. The fourth-order valence-corrected chi connectivity index (χ4v) is 0.514. The Kier molecular flexibility index (Phi) is 22.4. The Hall–Kier alpha value is -0.710. The van der Waals surface area contributed by atoms with Gasteiger partial charge in [0.15, 0.2) is 0 Å². The van der Waals surface area contributed by atoms with Crippen molar-refractivity contribution in [3.63, 3.8) is 0 Å². The van der Waals surface area contributed by atoms with Crippen LogP contribution < -0.4 is 0 Å².